The van der Waals surface area contributed by atoms with Gasteiger partial charge in [0.25, 0.3) is 0 Å². The van der Waals surface area contributed by atoms with Crippen LogP contribution in [0.15, 0.2) is 84.9 Å². The molecule has 0 aromatic heterocycles. The fourth-order valence-corrected chi connectivity index (χ4v) is 4.79. The second kappa shape index (κ2) is 10.9. The maximum absolute atomic E-state index is 14.1. The molecule has 37 heavy (non-hydrogen) atoms. The number of hydrogen-bond donors (Lipinski definition) is 2. The summed E-state index contributed by atoms with van der Waals surface area (Å²) in [6, 6.07) is 26.7. The molecule has 2 N–H and O–H groups in total. The van der Waals surface area contributed by atoms with Gasteiger partial charge in [0.1, 0.15) is 23.4 Å². The van der Waals surface area contributed by atoms with Crippen LogP contribution in [0.25, 0.3) is 10.8 Å². The number of benzene rings is 4. The molecule has 0 aliphatic carbocycles. The topological polar surface area (TPSA) is 71.0 Å². The lowest BCUT2D eigenvalue weighted by molar-refractivity contribution is -0.139. The zero-order valence-corrected chi connectivity index (χ0v) is 20.6. The van der Waals surface area contributed by atoms with Gasteiger partial charge < -0.3 is 24.8 Å². The van der Waals surface area contributed by atoms with Crippen molar-refractivity contribution in [3.8, 4) is 11.5 Å². The van der Waals surface area contributed by atoms with Crippen molar-refractivity contribution in [2.45, 2.75) is 25.5 Å². The highest BCUT2D eigenvalue weighted by Gasteiger charge is 2.27. The third-order valence-corrected chi connectivity index (χ3v) is 6.61. The lowest BCUT2D eigenvalue weighted by atomic mass is 9.99. The van der Waals surface area contributed by atoms with Crippen molar-refractivity contribution < 1.29 is 23.8 Å². The van der Waals surface area contributed by atoms with Gasteiger partial charge in [0.15, 0.2) is 6.61 Å². The highest BCUT2D eigenvalue weighted by Crippen LogP contribution is 2.39. The van der Waals surface area contributed by atoms with E-state index in [2.05, 4.69) is 53.5 Å². The number of carboxylic acid groups (broad SMARTS) is 1. The van der Waals surface area contributed by atoms with E-state index < -0.39 is 12.6 Å². The van der Waals surface area contributed by atoms with Gasteiger partial charge in [-0.1, -0.05) is 42.5 Å². The van der Waals surface area contributed by atoms with Crippen LogP contribution in [0.1, 0.15) is 24.9 Å². The molecule has 0 amide bonds. The van der Waals surface area contributed by atoms with E-state index in [1.54, 1.807) is 18.2 Å². The Kier molecular flexibility index (Phi) is 7.23. The Hall–Kier alpha value is -4.10. The van der Waals surface area contributed by atoms with Gasteiger partial charge >= 0.3 is 5.97 Å². The van der Waals surface area contributed by atoms with Crippen LogP contribution in [-0.4, -0.2) is 36.9 Å². The molecule has 0 spiro atoms. The molecule has 1 aliphatic heterocycles. The van der Waals surface area contributed by atoms with Gasteiger partial charge in [-0.05, 0) is 72.6 Å². The maximum atomic E-state index is 14.1. The molecule has 5 rings (SSSR count). The maximum Gasteiger partial charge on any atom is 0.341 e. The third kappa shape index (κ3) is 5.67. The van der Waals surface area contributed by atoms with Gasteiger partial charge in [0.05, 0.1) is 12.2 Å². The van der Waals surface area contributed by atoms with Crippen molar-refractivity contribution in [1.29, 1.82) is 0 Å². The molecule has 4 aromatic rings. The molecular weight excluding hydrogens is 471 g/mol. The second-order valence-electron chi connectivity index (χ2n) is 9.17. The molecular formula is C30H29FN2O4. The molecule has 0 saturated heterocycles. The predicted molar refractivity (Wildman–Crippen MR) is 142 cm³/mol. The monoisotopic (exact) mass is 500 g/mol. The number of carboxylic acids is 1. The molecule has 0 bridgehead atoms. The van der Waals surface area contributed by atoms with Crippen LogP contribution in [0, 0.1) is 5.82 Å². The van der Waals surface area contributed by atoms with Crippen LogP contribution in [-0.2, 0) is 4.79 Å². The fourth-order valence-electron chi connectivity index (χ4n) is 4.79. The van der Waals surface area contributed by atoms with E-state index in [4.69, 9.17) is 14.6 Å². The smallest absolute Gasteiger partial charge is 0.341 e. The van der Waals surface area contributed by atoms with Crippen LogP contribution in [0.5, 0.6) is 11.5 Å². The minimum absolute atomic E-state index is 0.149. The van der Waals surface area contributed by atoms with Crippen molar-refractivity contribution in [3.05, 3.63) is 96.3 Å². The van der Waals surface area contributed by atoms with Gasteiger partial charge in [-0.2, -0.15) is 0 Å². The van der Waals surface area contributed by atoms with Crippen LogP contribution in [0.2, 0.25) is 0 Å². The number of aliphatic carboxylic acids is 1. The lowest BCUT2D eigenvalue weighted by Crippen LogP contribution is -2.39. The number of halogens is 1. The Labute approximate surface area is 215 Å². The molecule has 6 nitrogen and oxygen atoms in total. The summed E-state index contributed by atoms with van der Waals surface area (Å²) in [5.41, 5.74) is 2.93. The number of anilines is 2. The zero-order chi connectivity index (χ0) is 25.8. The molecule has 0 fully saturated rings. The van der Waals surface area contributed by atoms with Crippen molar-refractivity contribution >= 4 is 28.1 Å². The number of ether oxygens (including phenoxy) is 2. The van der Waals surface area contributed by atoms with E-state index in [-0.39, 0.29) is 18.0 Å². The first-order valence-corrected chi connectivity index (χ1v) is 12.4. The fraction of sp³-hybridized carbons (Fsp3) is 0.233. The Morgan fingerprint density at radius 3 is 2.70 bits per heavy atom. The second-order valence-corrected chi connectivity index (χ2v) is 9.17. The van der Waals surface area contributed by atoms with E-state index in [0.717, 1.165) is 24.3 Å². The van der Waals surface area contributed by atoms with E-state index in [9.17, 15) is 9.18 Å². The zero-order valence-electron chi connectivity index (χ0n) is 20.6. The summed E-state index contributed by atoms with van der Waals surface area (Å²) in [6.07, 6.45) is 0.589. The molecule has 7 heteroatoms. The van der Waals surface area contributed by atoms with Crippen LogP contribution in [0.4, 0.5) is 15.8 Å². The number of fused-ring (bicyclic) bond motifs is 2. The SMILES string of the molecule is C[C@@H](NCCC1CN(c2ccc(OCC(=O)O)cc2)c2ccc(F)cc2O1)c1cccc2ccccc12. The first kappa shape index (κ1) is 24.6. The normalized spacial score (nSPS) is 15.6. The van der Waals surface area contributed by atoms with Gasteiger partial charge in [-0.15, -0.1) is 0 Å². The molecule has 1 heterocycles. The number of nitrogens with zero attached hydrogens (tertiary/aromatic N) is 1. The number of hydrogen-bond acceptors (Lipinski definition) is 5. The summed E-state index contributed by atoms with van der Waals surface area (Å²) in [4.78, 5) is 12.9. The molecule has 4 aromatic carbocycles. The third-order valence-electron chi connectivity index (χ3n) is 6.61. The molecule has 190 valence electrons. The Balaban J connectivity index is 1.28. The molecule has 0 radical (unpaired) electrons. The summed E-state index contributed by atoms with van der Waals surface area (Å²) >= 11 is 0. The summed E-state index contributed by atoms with van der Waals surface area (Å²) in [7, 11) is 0. The first-order valence-electron chi connectivity index (χ1n) is 12.4. The van der Waals surface area contributed by atoms with Crippen molar-refractivity contribution in [3.63, 3.8) is 0 Å². The first-order chi connectivity index (χ1) is 18.0. The Morgan fingerprint density at radius 2 is 1.89 bits per heavy atom. The Morgan fingerprint density at radius 1 is 1.11 bits per heavy atom. The van der Waals surface area contributed by atoms with Crippen LogP contribution >= 0.6 is 0 Å². The summed E-state index contributed by atoms with van der Waals surface area (Å²) in [6.45, 7) is 3.09. The number of nitrogens with one attached hydrogen (secondary N) is 1. The van der Waals surface area contributed by atoms with Crippen molar-refractivity contribution in [2.24, 2.45) is 0 Å². The lowest BCUT2D eigenvalue weighted by Gasteiger charge is -2.36. The summed E-state index contributed by atoms with van der Waals surface area (Å²) in [5.74, 6) is -0.398. The van der Waals surface area contributed by atoms with E-state index in [0.29, 0.717) is 18.0 Å². The van der Waals surface area contributed by atoms with E-state index in [1.807, 2.05) is 18.2 Å². The number of rotatable bonds is 9. The van der Waals surface area contributed by atoms with Crippen molar-refractivity contribution in [1.82, 2.24) is 5.32 Å². The van der Waals surface area contributed by atoms with E-state index >= 15 is 0 Å². The standard InChI is InChI=1S/C30H29FN2O4/c1-20(26-8-4-6-21-5-2-3-7-27(21)26)32-16-15-25-18-33(28-14-9-22(31)17-29(28)37-25)23-10-12-24(13-11-23)36-19-30(34)35/h2-14,17,20,25,32H,15-16,18-19H2,1H3,(H,34,35)/t20-,25?/m1/s1. The molecule has 0 saturated carbocycles. The molecule has 1 unspecified atom stereocenters. The minimum Gasteiger partial charge on any atom is -0.486 e. The summed E-state index contributed by atoms with van der Waals surface area (Å²) < 4.78 is 25.5. The van der Waals surface area contributed by atoms with Gasteiger partial charge in [-0.25, -0.2) is 9.18 Å². The average molecular weight is 501 g/mol. The van der Waals surface area contributed by atoms with Gasteiger partial charge in [0.2, 0.25) is 0 Å². The molecule has 2 atom stereocenters. The highest BCUT2D eigenvalue weighted by atomic mass is 19.1. The van der Waals surface area contributed by atoms with Crippen LogP contribution in [0.3, 0.4) is 0 Å². The predicted octanol–water partition coefficient (Wildman–Crippen LogP) is 6.08. The minimum atomic E-state index is -1.03. The largest absolute Gasteiger partial charge is 0.486 e. The number of carbonyl (C=O) groups is 1. The highest BCUT2D eigenvalue weighted by molar-refractivity contribution is 5.86. The van der Waals surface area contributed by atoms with E-state index in [1.165, 1.54) is 28.5 Å². The van der Waals surface area contributed by atoms with Gasteiger partial charge in [-0.3, -0.25) is 0 Å². The quantitative estimate of drug-likeness (QED) is 0.290. The molecule has 1 aliphatic rings. The Bertz CT molecular complexity index is 1390. The average Bonchev–Trinajstić information content (AvgIpc) is 2.91. The van der Waals surface area contributed by atoms with Crippen LogP contribution < -0.4 is 19.7 Å². The van der Waals surface area contributed by atoms with Gasteiger partial charge in [0, 0.05) is 17.8 Å². The van der Waals surface area contributed by atoms with Crippen molar-refractivity contribution in [2.75, 3.05) is 24.6 Å². The summed E-state index contributed by atoms with van der Waals surface area (Å²) in [5, 5.41) is 14.9.